The number of halogens is 3. The summed E-state index contributed by atoms with van der Waals surface area (Å²) >= 11 is 0. The van der Waals surface area contributed by atoms with Crippen molar-refractivity contribution in [3.8, 4) is 23.0 Å². The summed E-state index contributed by atoms with van der Waals surface area (Å²) in [6, 6.07) is 11.8. The first-order chi connectivity index (χ1) is 25.8. The summed E-state index contributed by atoms with van der Waals surface area (Å²) in [6.07, 6.45) is -3.46. The summed E-state index contributed by atoms with van der Waals surface area (Å²) in [7, 11) is 0. The van der Waals surface area contributed by atoms with E-state index in [4.69, 9.17) is 37.9 Å². The van der Waals surface area contributed by atoms with Crippen LogP contribution in [0.5, 0.6) is 23.0 Å². The van der Waals surface area contributed by atoms with Gasteiger partial charge in [0.1, 0.15) is 28.6 Å². The van der Waals surface area contributed by atoms with Crippen LogP contribution in [0.2, 0.25) is 0 Å². The van der Waals surface area contributed by atoms with Gasteiger partial charge in [-0.05, 0) is 92.4 Å². The number of alkyl halides is 3. The minimum atomic E-state index is -5.03. The van der Waals surface area contributed by atoms with Gasteiger partial charge in [-0.3, -0.25) is 0 Å². The summed E-state index contributed by atoms with van der Waals surface area (Å²) in [4.78, 5) is 71.0. The average molecular weight is 759 g/mol. The number of hydrogen-bond donors (Lipinski definition) is 0. The number of hydrogen-bond acceptors (Lipinski definition) is 14. The molecule has 0 heterocycles. The summed E-state index contributed by atoms with van der Waals surface area (Å²) in [5.74, 6) is -4.78. The van der Waals surface area contributed by atoms with E-state index in [-0.39, 0.29) is 49.1 Å². The fourth-order valence-corrected chi connectivity index (χ4v) is 3.96. The van der Waals surface area contributed by atoms with Crippen molar-refractivity contribution in [1.82, 2.24) is 0 Å². The first-order valence-electron chi connectivity index (χ1n) is 15.9. The van der Waals surface area contributed by atoms with Crippen LogP contribution < -0.4 is 18.9 Å². The topological polar surface area (TPSA) is 176 Å². The highest BCUT2D eigenvalue weighted by atomic mass is 19.4. The predicted molar refractivity (Wildman–Crippen MR) is 179 cm³/mol. The maximum Gasteiger partial charge on any atom is 0.513 e. The van der Waals surface area contributed by atoms with Gasteiger partial charge < -0.3 is 37.9 Å². The zero-order valence-electron chi connectivity index (χ0n) is 28.4. The molecule has 0 aliphatic rings. The molecule has 0 spiro atoms. The van der Waals surface area contributed by atoms with E-state index in [1.54, 1.807) is 0 Å². The maximum atomic E-state index is 13.9. The zero-order chi connectivity index (χ0) is 39.5. The third-order valence-corrected chi connectivity index (χ3v) is 6.59. The van der Waals surface area contributed by atoms with Gasteiger partial charge in [-0.2, -0.15) is 13.2 Å². The highest BCUT2D eigenvalue weighted by molar-refractivity contribution is 5.92. The van der Waals surface area contributed by atoms with Crippen LogP contribution in [0.15, 0.2) is 92.0 Å². The second-order valence-electron chi connectivity index (χ2n) is 10.5. The zero-order valence-corrected chi connectivity index (χ0v) is 28.4. The van der Waals surface area contributed by atoms with Gasteiger partial charge in [-0.1, -0.05) is 13.2 Å². The van der Waals surface area contributed by atoms with Crippen LogP contribution in [-0.2, 0) is 34.7 Å². The molecular weight excluding hydrogens is 725 g/mol. The monoisotopic (exact) mass is 758 g/mol. The Morgan fingerprint density at radius 2 is 0.907 bits per heavy atom. The van der Waals surface area contributed by atoms with E-state index in [2.05, 4.69) is 13.2 Å². The lowest BCUT2D eigenvalue weighted by atomic mass is 10.1. The third kappa shape index (κ3) is 14.5. The van der Waals surface area contributed by atoms with Crippen LogP contribution in [0.25, 0.3) is 0 Å². The van der Waals surface area contributed by atoms with E-state index >= 15 is 0 Å². The van der Waals surface area contributed by atoms with E-state index in [9.17, 15) is 41.9 Å². The minimum Gasteiger partial charge on any atom is -0.463 e. The number of ether oxygens (including phenoxy) is 8. The normalized spacial score (nSPS) is 10.6. The van der Waals surface area contributed by atoms with Gasteiger partial charge in [0.25, 0.3) is 0 Å². The Kier molecular flexibility index (Phi) is 16.3. The maximum absolute atomic E-state index is 13.9. The van der Waals surface area contributed by atoms with Crippen molar-refractivity contribution in [2.45, 2.75) is 31.9 Å². The number of esters is 4. The van der Waals surface area contributed by atoms with Crippen molar-refractivity contribution in [3.05, 3.63) is 109 Å². The molecule has 0 saturated heterocycles. The number of benzene rings is 3. The Hall–Kier alpha value is -6.65. The molecule has 3 aromatic rings. The standard InChI is InChI=1S/C37H33F3O14/c1-3-31(41)47-19-5-7-21-49-35(45)52-26-13-9-24(10-14-26)33(43)51-28-17-18-30(29(23-28)37(38,39)40)54-34(44)25-11-15-27(16-12-25)53-36(46)50-22-8-6-20-48-32(42)4-2/h3-4,9-18,23H,1-2,5-8,19-22H2. The second-order valence-corrected chi connectivity index (χ2v) is 10.5. The van der Waals surface area contributed by atoms with Crippen LogP contribution in [0.1, 0.15) is 52.0 Å². The highest BCUT2D eigenvalue weighted by Crippen LogP contribution is 2.39. The van der Waals surface area contributed by atoms with Gasteiger partial charge in [-0.25, -0.2) is 28.8 Å². The largest absolute Gasteiger partial charge is 0.513 e. The van der Waals surface area contributed by atoms with Gasteiger partial charge in [0.15, 0.2) is 0 Å². The summed E-state index contributed by atoms with van der Waals surface area (Å²) < 4.78 is 81.3. The number of carbonyl (C=O) groups excluding carboxylic acids is 6. The Balaban J connectivity index is 1.50. The smallest absolute Gasteiger partial charge is 0.463 e. The molecule has 17 heteroatoms. The SMILES string of the molecule is C=CC(=O)OCCCCOC(=O)Oc1ccc(C(=O)Oc2ccc(OC(=O)c3ccc(OC(=O)OCCCCOC(=O)C=C)cc3)c(C(F)(F)F)c2)cc1. The molecular formula is C37H33F3O14. The number of unbranched alkanes of at least 4 members (excludes halogenated alkanes) is 2. The molecule has 0 fully saturated rings. The lowest BCUT2D eigenvalue weighted by Gasteiger charge is -2.15. The Morgan fingerprint density at radius 1 is 0.519 bits per heavy atom. The highest BCUT2D eigenvalue weighted by Gasteiger charge is 2.36. The molecule has 0 bridgehead atoms. The molecule has 0 saturated carbocycles. The summed E-state index contributed by atoms with van der Waals surface area (Å²) in [5, 5.41) is 0. The van der Waals surface area contributed by atoms with Gasteiger partial charge in [0.2, 0.25) is 0 Å². The first-order valence-corrected chi connectivity index (χ1v) is 15.9. The molecule has 0 N–H and O–H groups in total. The van der Waals surface area contributed by atoms with Crippen molar-refractivity contribution in [1.29, 1.82) is 0 Å². The average Bonchev–Trinajstić information content (AvgIpc) is 3.14. The van der Waals surface area contributed by atoms with Crippen LogP contribution in [0.4, 0.5) is 22.8 Å². The van der Waals surface area contributed by atoms with Crippen molar-refractivity contribution in [2.24, 2.45) is 0 Å². The molecule has 0 atom stereocenters. The number of carbonyl (C=O) groups is 6. The number of rotatable bonds is 18. The molecule has 14 nitrogen and oxygen atoms in total. The molecule has 0 amide bonds. The second kappa shape index (κ2) is 21.0. The van der Waals surface area contributed by atoms with Gasteiger partial charge in [-0.15, -0.1) is 0 Å². The first kappa shape index (κ1) is 41.8. The molecule has 286 valence electrons. The lowest BCUT2D eigenvalue weighted by Crippen LogP contribution is -2.15. The van der Waals surface area contributed by atoms with E-state index < -0.39 is 59.4 Å². The van der Waals surface area contributed by atoms with Crippen molar-refractivity contribution < 1.29 is 79.8 Å². The van der Waals surface area contributed by atoms with Gasteiger partial charge >= 0.3 is 42.4 Å². The van der Waals surface area contributed by atoms with E-state index in [0.717, 1.165) is 36.4 Å². The Labute approximate surface area is 305 Å². The molecule has 0 radical (unpaired) electrons. The summed E-state index contributed by atoms with van der Waals surface area (Å²) in [6.45, 7) is 6.72. The Bertz CT molecular complexity index is 1800. The van der Waals surface area contributed by atoms with E-state index in [0.29, 0.717) is 31.7 Å². The summed E-state index contributed by atoms with van der Waals surface area (Å²) in [5.41, 5.74) is -1.70. The Morgan fingerprint density at radius 3 is 1.31 bits per heavy atom. The van der Waals surface area contributed by atoms with Crippen molar-refractivity contribution >= 4 is 36.2 Å². The van der Waals surface area contributed by atoms with E-state index in [1.807, 2.05) is 0 Å². The van der Waals surface area contributed by atoms with Crippen LogP contribution >= 0.6 is 0 Å². The molecule has 0 unspecified atom stereocenters. The molecule has 3 aromatic carbocycles. The quantitative estimate of drug-likeness (QED) is 0.0318. The molecule has 0 aliphatic heterocycles. The van der Waals surface area contributed by atoms with Crippen LogP contribution in [0.3, 0.4) is 0 Å². The third-order valence-electron chi connectivity index (χ3n) is 6.59. The van der Waals surface area contributed by atoms with Crippen molar-refractivity contribution in [3.63, 3.8) is 0 Å². The van der Waals surface area contributed by atoms with E-state index in [1.165, 1.54) is 36.4 Å². The predicted octanol–water partition coefficient (Wildman–Crippen LogP) is 7.19. The van der Waals surface area contributed by atoms with Gasteiger partial charge in [0.05, 0.1) is 37.6 Å². The molecule has 0 aliphatic carbocycles. The van der Waals surface area contributed by atoms with Crippen molar-refractivity contribution in [2.75, 3.05) is 26.4 Å². The van der Waals surface area contributed by atoms with Gasteiger partial charge in [0, 0.05) is 12.2 Å². The fourth-order valence-electron chi connectivity index (χ4n) is 3.96. The minimum absolute atomic E-state index is 0.000578. The lowest BCUT2D eigenvalue weighted by molar-refractivity contribution is -0.139. The van der Waals surface area contributed by atoms with Crippen LogP contribution in [0, 0.1) is 0 Å². The van der Waals surface area contributed by atoms with Crippen LogP contribution in [-0.4, -0.2) is 62.6 Å². The fraction of sp³-hybridized carbons (Fsp3) is 0.243. The molecule has 0 aromatic heterocycles. The molecule has 54 heavy (non-hydrogen) atoms. The molecule has 3 rings (SSSR count).